The summed E-state index contributed by atoms with van der Waals surface area (Å²) in [5.41, 5.74) is 0.282. The van der Waals surface area contributed by atoms with Crippen molar-refractivity contribution in [1.29, 1.82) is 0 Å². The number of rotatable bonds is 3. The molecule has 1 amide bonds. The van der Waals surface area contributed by atoms with E-state index in [1.807, 2.05) is 0 Å². The molecule has 0 unspecified atom stereocenters. The van der Waals surface area contributed by atoms with E-state index >= 15 is 0 Å². The average Bonchev–Trinajstić information content (AvgIpc) is 2.75. The van der Waals surface area contributed by atoms with Crippen LogP contribution in [0, 0.1) is 17.3 Å². The van der Waals surface area contributed by atoms with Gasteiger partial charge in [0.05, 0.1) is 6.54 Å². The van der Waals surface area contributed by atoms with E-state index in [0.717, 1.165) is 18.7 Å². The van der Waals surface area contributed by atoms with Gasteiger partial charge >= 0.3 is 0 Å². The molecule has 1 aromatic rings. The summed E-state index contributed by atoms with van der Waals surface area (Å²) in [5.74, 6) is 1.77. The number of imidazole rings is 1. The molecule has 100 valence electrons. The van der Waals surface area contributed by atoms with E-state index in [4.69, 9.17) is 0 Å². The van der Waals surface area contributed by atoms with Crippen LogP contribution in [-0.2, 0) is 11.3 Å². The van der Waals surface area contributed by atoms with E-state index in [0.29, 0.717) is 12.5 Å². The Hall–Kier alpha value is -1.32. The Labute approximate surface area is 109 Å². The van der Waals surface area contributed by atoms with Crippen molar-refractivity contribution in [2.45, 2.75) is 46.6 Å². The zero-order valence-corrected chi connectivity index (χ0v) is 11.5. The van der Waals surface area contributed by atoms with Crippen LogP contribution in [0.2, 0.25) is 0 Å². The van der Waals surface area contributed by atoms with Gasteiger partial charge in [-0.3, -0.25) is 4.79 Å². The highest BCUT2D eigenvalue weighted by Crippen LogP contribution is 2.41. The SMILES string of the molecule is C[C@@H]1C[C@@H](C(=O)NCc2ncc[nH]2)CC(C)(C)C1. The zero-order valence-electron chi connectivity index (χ0n) is 11.5. The first kappa shape index (κ1) is 13.1. The van der Waals surface area contributed by atoms with Crippen LogP contribution >= 0.6 is 0 Å². The second kappa shape index (κ2) is 5.12. The normalized spacial score (nSPS) is 26.8. The quantitative estimate of drug-likeness (QED) is 0.864. The van der Waals surface area contributed by atoms with Crippen molar-refractivity contribution in [1.82, 2.24) is 15.3 Å². The van der Waals surface area contributed by atoms with Crippen LogP contribution in [0.25, 0.3) is 0 Å². The molecule has 1 heterocycles. The van der Waals surface area contributed by atoms with Crippen LogP contribution in [0.4, 0.5) is 0 Å². The highest BCUT2D eigenvalue weighted by Gasteiger charge is 2.35. The molecule has 1 aliphatic carbocycles. The molecule has 1 fully saturated rings. The van der Waals surface area contributed by atoms with E-state index in [-0.39, 0.29) is 17.2 Å². The Balaban J connectivity index is 1.88. The highest BCUT2D eigenvalue weighted by atomic mass is 16.1. The predicted molar refractivity (Wildman–Crippen MR) is 70.7 cm³/mol. The number of carbonyl (C=O) groups excluding carboxylic acids is 1. The Morgan fingerprint density at radius 3 is 2.94 bits per heavy atom. The minimum atomic E-state index is 0.152. The van der Waals surface area contributed by atoms with Gasteiger partial charge in [-0.1, -0.05) is 20.8 Å². The number of amides is 1. The number of carbonyl (C=O) groups is 1. The van der Waals surface area contributed by atoms with Gasteiger partial charge in [0.25, 0.3) is 0 Å². The number of nitrogens with zero attached hydrogens (tertiary/aromatic N) is 1. The molecule has 0 saturated heterocycles. The van der Waals surface area contributed by atoms with Gasteiger partial charge in [-0.05, 0) is 30.6 Å². The minimum absolute atomic E-state index is 0.152. The van der Waals surface area contributed by atoms with Crippen molar-refractivity contribution in [2.75, 3.05) is 0 Å². The Kier molecular flexibility index (Phi) is 3.73. The lowest BCUT2D eigenvalue weighted by Gasteiger charge is -2.38. The second-order valence-electron chi connectivity index (χ2n) is 6.36. The molecule has 2 N–H and O–H groups in total. The summed E-state index contributed by atoms with van der Waals surface area (Å²) in [6, 6.07) is 0. The lowest BCUT2D eigenvalue weighted by atomic mass is 9.68. The molecule has 0 aromatic carbocycles. The van der Waals surface area contributed by atoms with Gasteiger partial charge in [-0.15, -0.1) is 0 Å². The monoisotopic (exact) mass is 249 g/mol. The van der Waals surface area contributed by atoms with E-state index < -0.39 is 0 Å². The van der Waals surface area contributed by atoms with Crippen molar-refractivity contribution in [2.24, 2.45) is 17.3 Å². The summed E-state index contributed by atoms with van der Waals surface area (Å²) in [6.07, 6.45) is 6.68. The number of nitrogens with one attached hydrogen (secondary N) is 2. The molecular formula is C14H23N3O. The van der Waals surface area contributed by atoms with Crippen LogP contribution in [0.1, 0.15) is 45.9 Å². The molecule has 0 radical (unpaired) electrons. The summed E-state index contributed by atoms with van der Waals surface area (Å²) < 4.78 is 0. The highest BCUT2D eigenvalue weighted by molar-refractivity contribution is 5.78. The Morgan fingerprint density at radius 2 is 2.33 bits per heavy atom. The maximum absolute atomic E-state index is 12.2. The van der Waals surface area contributed by atoms with Crippen LogP contribution in [-0.4, -0.2) is 15.9 Å². The van der Waals surface area contributed by atoms with Crippen molar-refractivity contribution < 1.29 is 4.79 Å². The van der Waals surface area contributed by atoms with Gasteiger partial charge in [-0.2, -0.15) is 0 Å². The smallest absolute Gasteiger partial charge is 0.223 e. The van der Waals surface area contributed by atoms with Crippen LogP contribution in [0.3, 0.4) is 0 Å². The molecule has 4 nitrogen and oxygen atoms in total. The Morgan fingerprint density at radius 1 is 1.56 bits per heavy atom. The lowest BCUT2D eigenvalue weighted by Crippen LogP contribution is -2.38. The zero-order chi connectivity index (χ0) is 13.2. The van der Waals surface area contributed by atoms with Gasteiger partial charge in [0.2, 0.25) is 5.91 Å². The van der Waals surface area contributed by atoms with E-state index in [2.05, 4.69) is 36.1 Å². The van der Waals surface area contributed by atoms with Crippen molar-refractivity contribution in [3.05, 3.63) is 18.2 Å². The summed E-state index contributed by atoms with van der Waals surface area (Å²) >= 11 is 0. The molecule has 0 aliphatic heterocycles. The molecule has 2 rings (SSSR count). The summed E-state index contributed by atoms with van der Waals surface area (Å²) in [5, 5.41) is 2.98. The maximum Gasteiger partial charge on any atom is 0.223 e. The van der Waals surface area contributed by atoms with E-state index in [1.54, 1.807) is 12.4 Å². The molecule has 1 saturated carbocycles. The Bertz CT molecular complexity index is 397. The predicted octanol–water partition coefficient (Wildman–Crippen LogP) is 2.49. The fourth-order valence-corrected chi connectivity index (χ4v) is 3.26. The number of aromatic amines is 1. The second-order valence-corrected chi connectivity index (χ2v) is 6.36. The van der Waals surface area contributed by atoms with Crippen molar-refractivity contribution in [3.63, 3.8) is 0 Å². The van der Waals surface area contributed by atoms with E-state index in [1.165, 1.54) is 6.42 Å². The topological polar surface area (TPSA) is 57.8 Å². The van der Waals surface area contributed by atoms with E-state index in [9.17, 15) is 4.79 Å². The van der Waals surface area contributed by atoms with Gasteiger partial charge < -0.3 is 10.3 Å². The first-order valence-corrected chi connectivity index (χ1v) is 6.72. The third-order valence-corrected chi connectivity index (χ3v) is 3.74. The third kappa shape index (κ3) is 3.34. The summed E-state index contributed by atoms with van der Waals surface area (Å²) in [6.45, 7) is 7.26. The van der Waals surface area contributed by atoms with Crippen molar-refractivity contribution >= 4 is 5.91 Å². The molecule has 0 spiro atoms. The first-order chi connectivity index (χ1) is 8.46. The number of H-pyrrole nitrogens is 1. The fourth-order valence-electron chi connectivity index (χ4n) is 3.26. The third-order valence-electron chi connectivity index (χ3n) is 3.74. The van der Waals surface area contributed by atoms with Crippen LogP contribution < -0.4 is 5.32 Å². The lowest BCUT2D eigenvalue weighted by molar-refractivity contribution is -0.128. The summed E-state index contributed by atoms with van der Waals surface area (Å²) in [4.78, 5) is 19.3. The molecule has 18 heavy (non-hydrogen) atoms. The van der Waals surface area contributed by atoms with Gasteiger partial charge in [0.1, 0.15) is 5.82 Å². The van der Waals surface area contributed by atoms with Crippen molar-refractivity contribution in [3.8, 4) is 0 Å². The van der Waals surface area contributed by atoms with Gasteiger partial charge in [0.15, 0.2) is 0 Å². The maximum atomic E-state index is 12.2. The average molecular weight is 249 g/mol. The largest absolute Gasteiger partial charge is 0.349 e. The standard InChI is InChI=1S/C14H23N3O/c1-10-6-11(8-14(2,3)7-10)13(18)17-9-12-15-4-5-16-12/h4-5,10-11H,6-9H2,1-3H3,(H,15,16)(H,17,18)/t10-,11-/m1/s1. The molecule has 4 heteroatoms. The van der Waals surface area contributed by atoms with Gasteiger partial charge in [0, 0.05) is 18.3 Å². The molecule has 2 atom stereocenters. The molecule has 1 aliphatic rings. The van der Waals surface area contributed by atoms with Crippen LogP contribution in [0.5, 0.6) is 0 Å². The number of hydrogen-bond acceptors (Lipinski definition) is 2. The van der Waals surface area contributed by atoms with Crippen LogP contribution in [0.15, 0.2) is 12.4 Å². The summed E-state index contributed by atoms with van der Waals surface area (Å²) in [7, 11) is 0. The number of hydrogen-bond donors (Lipinski definition) is 2. The fraction of sp³-hybridized carbons (Fsp3) is 0.714. The molecule has 0 bridgehead atoms. The van der Waals surface area contributed by atoms with Gasteiger partial charge in [-0.25, -0.2) is 4.98 Å². The molecular weight excluding hydrogens is 226 g/mol. The minimum Gasteiger partial charge on any atom is -0.349 e. The number of aromatic nitrogens is 2. The first-order valence-electron chi connectivity index (χ1n) is 6.72. The molecule has 1 aromatic heterocycles.